The van der Waals surface area contributed by atoms with Gasteiger partial charge in [-0.15, -0.1) is 6.58 Å². The van der Waals surface area contributed by atoms with Crippen molar-refractivity contribution in [3.05, 3.63) is 36.1 Å². The van der Waals surface area contributed by atoms with Gasteiger partial charge in [0.15, 0.2) is 0 Å². The zero-order chi connectivity index (χ0) is 13.3. The van der Waals surface area contributed by atoms with Crippen LogP contribution in [0.15, 0.2) is 41.1 Å². The maximum atomic E-state index is 3.84. The lowest BCUT2D eigenvalue weighted by Crippen LogP contribution is -2.28. The van der Waals surface area contributed by atoms with E-state index in [1.807, 2.05) is 6.08 Å². The average Bonchev–Trinajstić information content (AvgIpc) is 2.29. The molecule has 0 aromatic rings. The van der Waals surface area contributed by atoms with Crippen LogP contribution in [-0.2, 0) is 0 Å². The third-order valence-corrected chi connectivity index (χ3v) is 2.93. The lowest BCUT2D eigenvalue weighted by Gasteiger charge is -2.23. The molecule has 0 saturated carbocycles. The van der Waals surface area contributed by atoms with Crippen molar-refractivity contribution in [3.63, 3.8) is 0 Å². The monoisotopic (exact) mass is 234 g/mol. The van der Waals surface area contributed by atoms with Crippen LogP contribution in [0.3, 0.4) is 0 Å². The van der Waals surface area contributed by atoms with Crippen molar-refractivity contribution in [2.45, 2.75) is 39.7 Å². The molecule has 0 bridgehead atoms. The number of allylic oxidation sites excluding steroid dienone is 3. The molecule has 2 nitrogen and oxygen atoms in total. The minimum atomic E-state index is 0.550. The minimum Gasteiger partial charge on any atom is -0.300 e. The molecule has 0 amide bonds. The largest absolute Gasteiger partial charge is 0.300 e. The summed E-state index contributed by atoms with van der Waals surface area (Å²) in [5, 5.41) is 0. The van der Waals surface area contributed by atoms with Crippen LogP contribution < -0.4 is 0 Å². The average molecular weight is 234 g/mol. The Morgan fingerprint density at radius 1 is 1.41 bits per heavy atom. The highest BCUT2D eigenvalue weighted by atomic mass is 15.1. The van der Waals surface area contributed by atoms with Crippen LogP contribution in [0.1, 0.15) is 33.6 Å². The molecule has 0 aliphatic carbocycles. The van der Waals surface area contributed by atoms with Crippen LogP contribution in [0, 0.1) is 0 Å². The zero-order valence-electron chi connectivity index (χ0n) is 11.7. The molecule has 0 saturated heterocycles. The summed E-state index contributed by atoms with van der Waals surface area (Å²) >= 11 is 0. The van der Waals surface area contributed by atoms with E-state index in [2.05, 4.69) is 57.1 Å². The molecule has 0 N–H and O–H groups in total. The molecule has 17 heavy (non-hydrogen) atoms. The predicted molar refractivity (Wildman–Crippen MR) is 78.6 cm³/mol. The minimum absolute atomic E-state index is 0.550. The number of aliphatic imine (C=N–C) groups is 1. The van der Waals surface area contributed by atoms with Gasteiger partial charge >= 0.3 is 0 Å². The number of hydrogen-bond acceptors (Lipinski definition) is 2. The van der Waals surface area contributed by atoms with Crippen molar-refractivity contribution in [1.29, 1.82) is 0 Å². The van der Waals surface area contributed by atoms with Crippen molar-refractivity contribution in [2.75, 3.05) is 13.6 Å². The molecule has 96 valence electrons. The Balaban J connectivity index is 4.99. The van der Waals surface area contributed by atoms with Gasteiger partial charge in [-0.2, -0.15) is 0 Å². The molecular weight excluding hydrogens is 208 g/mol. The first-order valence-corrected chi connectivity index (χ1v) is 6.21. The Morgan fingerprint density at radius 3 is 2.47 bits per heavy atom. The van der Waals surface area contributed by atoms with Gasteiger partial charge in [0.2, 0.25) is 0 Å². The summed E-state index contributed by atoms with van der Waals surface area (Å²) in [6, 6.07) is 0.550. The van der Waals surface area contributed by atoms with E-state index in [4.69, 9.17) is 0 Å². The smallest absolute Gasteiger partial charge is 0.0263 e. The number of hydrogen-bond donors (Lipinski definition) is 0. The fourth-order valence-corrected chi connectivity index (χ4v) is 1.58. The molecule has 2 heteroatoms. The summed E-state index contributed by atoms with van der Waals surface area (Å²) in [7, 11) is 2.15. The fraction of sp³-hybridized carbons (Fsp3) is 0.533. The maximum absolute atomic E-state index is 3.84. The second-order valence-corrected chi connectivity index (χ2v) is 4.48. The third kappa shape index (κ3) is 6.22. The second kappa shape index (κ2) is 8.94. The van der Waals surface area contributed by atoms with Gasteiger partial charge in [-0.25, -0.2) is 0 Å². The van der Waals surface area contributed by atoms with E-state index < -0.39 is 0 Å². The second-order valence-electron chi connectivity index (χ2n) is 4.48. The van der Waals surface area contributed by atoms with E-state index in [0.29, 0.717) is 6.04 Å². The summed E-state index contributed by atoms with van der Waals surface area (Å²) < 4.78 is 0. The molecule has 0 radical (unpaired) electrons. The van der Waals surface area contributed by atoms with Gasteiger partial charge in [-0.1, -0.05) is 13.0 Å². The Labute approximate surface area is 106 Å². The molecule has 0 unspecified atom stereocenters. The molecule has 0 aromatic carbocycles. The summed E-state index contributed by atoms with van der Waals surface area (Å²) in [6.07, 6.45) is 7.73. The van der Waals surface area contributed by atoms with Crippen molar-refractivity contribution < 1.29 is 0 Å². The van der Waals surface area contributed by atoms with E-state index in [0.717, 1.165) is 19.4 Å². The zero-order valence-corrected chi connectivity index (χ0v) is 11.7. The normalized spacial score (nSPS) is 13.3. The SMILES string of the molecule is C=CC/C(CN(C)C(C)C)=C(\C=C/N=C)CC. The lowest BCUT2D eigenvalue weighted by molar-refractivity contribution is 0.294. The van der Waals surface area contributed by atoms with E-state index in [-0.39, 0.29) is 0 Å². The Hall–Kier alpha value is -1.15. The maximum Gasteiger partial charge on any atom is 0.0263 e. The first-order valence-electron chi connectivity index (χ1n) is 6.21. The predicted octanol–water partition coefficient (Wildman–Crippen LogP) is 3.82. The van der Waals surface area contributed by atoms with Gasteiger partial charge in [-0.05, 0) is 57.7 Å². The lowest BCUT2D eigenvalue weighted by atomic mass is 10.0. The van der Waals surface area contributed by atoms with Crippen molar-refractivity contribution >= 4 is 6.72 Å². The van der Waals surface area contributed by atoms with Crippen LogP contribution >= 0.6 is 0 Å². The van der Waals surface area contributed by atoms with E-state index >= 15 is 0 Å². The molecule has 0 fully saturated rings. The molecular formula is C15H26N2. The fourth-order valence-electron chi connectivity index (χ4n) is 1.58. The van der Waals surface area contributed by atoms with Gasteiger partial charge in [0, 0.05) is 18.8 Å². The molecule has 0 heterocycles. The van der Waals surface area contributed by atoms with Crippen LogP contribution in [0.25, 0.3) is 0 Å². The summed E-state index contributed by atoms with van der Waals surface area (Å²) in [5.74, 6) is 0. The summed E-state index contributed by atoms with van der Waals surface area (Å²) in [4.78, 5) is 6.11. The van der Waals surface area contributed by atoms with Crippen molar-refractivity contribution in [3.8, 4) is 0 Å². The quantitative estimate of drug-likeness (QED) is 0.354. The highest BCUT2D eigenvalue weighted by molar-refractivity contribution is 5.31. The van der Waals surface area contributed by atoms with Crippen molar-refractivity contribution in [2.24, 2.45) is 4.99 Å². The van der Waals surface area contributed by atoms with Crippen LogP contribution in [-0.4, -0.2) is 31.3 Å². The molecule has 0 aromatic heterocycles. The summed E-state index contributed by atoms with van der Waals surface area (Å²) in [5.41, 5.74) is 2.75. The standard InChI is InChI=1S/C15H26N2/c1-7-9-15(12-17(6)13(3)4)14(8-2)10-11-16-5/h7,10-11,13H,1,5,8-9,12H2,2-4,6H3/b11-10-,15-14+. The van der Waals surface area contributed by atoms with E-state index in [9.17, 15) is 0 Å². The van der Waals surface area contributed by atoms with Gasteiger partial charge < -0.3 is 4.90 Å². The summed E-state index contributed by atoms with van der Waals surface area (Å²) in [6.45, 7) is 14.9. The van der Waals surface area contributed by atoms with Gasteiger partial charge in [0.05, 0.1) is 0 Å². The molecule has 0 rings (SSSR count). The van der Waals surface area contributed by atoms with Crippen LogP contribution in [0.4, 0.5) is 0 Å². The first-order chi connectivity index (χ1) is 8.06. The third-order valence-electron chi connectivity index (χ3n) is 2.93. The Kier molecular flexibility index (Phi) is 8.34. The Bertz CT molecular complexity index is 298. The molecule has 0 aliphatic heterocycles. The van der Waals surface area contributed by atoms with Gasteiger partial charge in [-0.3, -0.25) is 4.99 Å². The highest BCUT2D eigenvalue weighted by Gasteiger charge is 2.08. The van der Waals surface area contributed by atoms with E-state index in [1.165, 1.54) is 11.1 Å². The van der Waals surface area contributed by atoms with Crippen LogP contribution in [0.2, 0.25) is 0 Å². The van der Waals surface area contributed by atoms with Crippen molar-refractivity contribution in [1.82, 2.24) is 4.90 Å². The number of likely N-dealkylation sites (N-methyl/N-ethyl adjacent to an activating group) is 1. The molecule has 0 atom stereocenters. The van der Waals surface area contributed by atoms with Crippen LogP contribution in [0.5, 0.6) is 0 Å². The van der Waals surface area contributed by atoms with Gasteiger partial charge in [0.1, 0.15) is 0 Å². The van der Waals surface area contributed by atoms with E-state index in [1.54, 1.807) is 6.20 Å². The highest BCUT2D eigenvalue weighted by Crippen LogP contribution is 2.16. The molecule has 0 aliphatic rings. The number of rotatable bonds is 8. The van der Waals surface area contributed by atoms with Gasteiger partial charge in [0.25, 0.3) is 0 Å². The number of nitrogens with zero attached hydrogens (tertiary/aromatic N) is 2. The first kappa shape index (κ1) is 15.9. The Morgan fingerprint density at radius 2 is 2.06 bits per heavy atom. The molecule has 0 spiro atoms. The topological polar surface area (TPSA) is 15.6 Å².